The topological polar surface area (TPSA) is 86.8 Å². The van der Waals surface area contributed by atoms with Crippen molar-refractivity contribution in [2.45, 2.75) is 56.5 Å². The predicted molar refractivity (Wildman–Crippen MR) is 136 cm³/mol. The molecule has 2 saturated heterocycles. The summed E-state index contributed by atoms with van der Waals surface area (Å²) in [5, 5.41) is 3.73. The first-order valence-electron chi connectivity index (χ1n) is 12.2. The summed E-state index contributed by atoms with van der Waals surface area (Å²) in [6.07, 6.45) is -2.81. The number of nitrogens with one attached hydrogen (secondary N) is 1. The molecule has 13 heteroatoms. The molecule has 0 unspecified atom stereocenters. The van der Waals surface area contributed by atoms with Gasteiger partial charge in [0.2, 0.25) is 5.91 Å². The van der Waals surface area contributed by atoms with E-state index in [0.717, 1.165) is 11.7 Å². The molecule has 1 N–H and O–H groups in total. The van der Waals surface area contributed by atoms with Crippen molar-refractivity contribution >= 4 is 33.3 Å². The van der Waals surface area contributed by atoms with Crippen LogP contribution in [-0.4, -0.2) is 86.4 Å². The number of sulfone groups is 1. The largest absolute Gasteiger partial charge is 0.401 e. The second kappa shape index (κ2) is 11.5. The van der Waals surface area contributed by atoms with Gasteiger partial charge in [0, 0.05) is 67.2 Å². The third-order valence-electron chi connectivity index (χ3n) is 6.98. The van der Waals surface area contributed by atoms with Crippen molar-refractivity contribution in [1.82, 2.24) is 15.1 Å². The van der Waals surface area contributed by atoms with Gasteiger partial charge < -0.3 is 10.2 Å². The number of benzene rings is 1. The molecule has 38 heavy (non-hydrogen) atoms. The van der Waals surface area contributed by atoms with Crippen LogP contribution in [0, 0.1) is 5.92 Å². The highest BCUT2D eigenvalue weighted by Gasteiger charge is 2.49. The van der Waals surface area contributed by atoms with E-state index >= 15 is 4.39 Å². The molecule has 1 aromatic carbocycles. The lowest BCUT2D eigenvalue weighted by Gasteiger charge is -2.42. The standard InChI is InChI=1S/C25H32ClF4N3O4S/c1-16(8-11-38(3,36)37)31-23(35)24(27)9-10-33(17(2)12-24)22(34)20-14-32(15-25(28,29)30)13-19(20)18-6-4-5-7-21(18)26/h4-8,11,16-17,19-20H,9-10,12-15H2,1-3H3,(H,31,35)/b11-8-/t16-,17+,19+,20+,24+/m1/s1. The summed E-state index contributed by atoms with van der Waals surface area (Å²) in [4.78, 5) is 28.9. The lowest BCUT2D eigenvalue weighted by molar-refractivity contribution is -0.150. The number of alkyl halides is 4. The second-order valence-corrected chi connectivity index (χ2v) is 12.6. The van der Waals surface area contributed by atoms with Gasteiger partial charge in [-0.3, -0.25) is 14.5 Å². The number of carbonyl (C=O) groups excluding carboxylic acids is 2. The number of amides is 2. The zero-order chi connectivity index (χ0) is 28.5. The van der Waals surface area contributed by atoms with Crippen molar-refractivity contribution in [1.29, 1.82) is 0 Å². The molecule has 2 aliphatic rings. The van der Waals surface area contributed by atoms with Crippen LogP contribution in [-0.2, 0) is 19.4 Å². The summed E-state index contributed by atoms with van der Waals surface area (Å²) in [6.45, 7) is 1.72. The molecule has 2 amide bonds. The van der Waals surface area contributed by atoms with Crippen LogP contribution >= 0.6 is 11.6 Å². The highest BCUT2D eigenvalue weighted by molar-refractivity contribution is 7.93. The molecule has 1 aromatic rings. The lowest BCUT2D eigenvalue weighted by Crippen LogP contribution is -2.57. The van der Waals surface area contributed by atoms with Gasteiger partial charge in [0.1, 0.15) is 0 Å². The summed E-state index contributed by atoms with van der Waals surface area (Å²) >= 11 is 6.33. The van der Waals surface area contributed by atoms with E-state index in [1.807, 2.05) is 0 Å². The maximum atomic E-state index is 15.7. The van der Waals surface area contributed by atoms with Gasteiger partial charge in [-0.25, -0.2) is 12.8 Å². The Labute approximate surface area is 225 Å². The van der Waals surface area contributed by atoms with Gasteiger partial charge in [-0.05, 0) is 25.5 Å². The van der Waals surface area contributed by atoms with Crippen molar-refractivity contribution in [3.05, 3.63) is 46.3 Å². The Bertz CT molecular complexity index is 1180. The summed E-state index contributed by atoms with van der Waals surface area (Å²) in [7, 11) is -3.41. The number of halogens is 5. The highest BCUT2D eigenvalue weighted by Crippen LogP contribution is 2.40. The van der Waals surface area contributed by atoms with Gasteiger partial charge in [-0.2, -0.15) is 13.2 Å². The molecule has 2 aliphatic heterocycles. The minimum Gasteiger partial charge on any atom is -0.347 e. The summed E-state index contributed by atoms with van der Waals surface area (Å²) < 4.78 is 77.7. The number of hydrogen-bond acceptors (Lipinski definition) is 5. The van der Waals surface area contributed by atoms with Gasteiger partial charge >= 0.3 is 6.18 Å². The van der Waals surface area contributed by atoms with E-state index < -0.39 is 64.0 Å². The van der Waals surface area contributed by atoms with Crippen LogP contribution in [0.15, 0.2) is 35.7 Å². The molecule has 7 nitrogen and oxygen atoms in total. The number of nitrogens with zero attached hydrogens (tertiary/aromatic N) is 2. The van der Waals surface area contributed by atoms with E-state index in [2.05, 4.69) is 5.32 Å². The van der Waals surface area contributed by atoms with Crippen molar-refractivity contribution in [3.8, 4) is 0 Å². The van der Waals surface area contributed by atoms with Gasteiger partial charge in [-0.15, -0.1) is 0 Å². The molecule has 212 valence electrons. The van der Waals surface area contributed by atoms with E-state index in [1.165, 1.54) is 22.8 Å². The quantitative estimate of drug-likeness (QED) is 0.496. The van der Waals surface area contributed by atoms with Gasteiger partial charge in [0.05, 0.1) is 12.5 Å². The average molecular weight is 582 g/mol. The molecule has 2 heterocycles. The molecule has 2 fully saturated rings. The Kier molecular flexibility index (Phi) is 9.20. The molecular weight excluding hydrogens is 550 g/mol. The Hall–Kier alpha value is -2.18. The molecular formula is C25H32ClF4N3O4S. The maximum absolute atomic E-state index is 15.7. The fourth-order valence-electron chi connectivity index (χ4n) is 5.20. The minimum atomic E-state index is -4.43. The molecule has 0 spiro atoms. The summed E-state index contributed by atoms with van der Waals surface area (Å²) in [5.74, 6) is -2.71. The van der Waals surface area contributed by atoms with E-state index in [1.54, 1.807) is 31.2 Å². The maximum Gasteiger partial charge on any atom is 0.401 e. The zero-order valence-corrected chi connectivity index (χ0v) is 22.9. The van der Waals surface area contributed by atoms with Crippen LogP contribution in [0.3, 0.4) is 0 Å². The molecule has 0 aromatic heterocycles. The van der Waals surface area contributed by atoms with Crippen molar-refractivity contribution in [2.75, 3.05) is 32.4 Å². The molecule has 0 aliphatic carbocycles. The fourth-order valence-corrected chi connectivity index (χ4v) is 6.00. The molecule has 0 saturated carbocycles. The number of piperidine rings is 1. The Balaban J connectivity index is 1.74. The average Bonchev–Trinajstić information content (AvgIpc) is 3.19. The van der Waals surface area contributed by atoms with Crippen LogP contribution in [0.4, 0.5) is 17.6 Å². The summed E-state index contributed by atoms with van der Waals surface area (Å²) in [5.41, 5.74) is -1.71. The molecule has 0 radical (unpaired) electrons. The van der Waals surface area contributed by atoms with Crippen LogP contribution in [0.2, 0.25) is 5.02 Å². The number of rotatable bonds is 7. The SMILES string of the molecule is C[C@H](/C=C\S(C)(=O)=O)NC(=O)[C@]1(F)CCN(C(=O)[C@H]2CN(CC(F)(F)F)C[C@H]2c2ccccc2Cl)[C@@H](C)C1. The predicted octanol–water partition coefficient (Wildman–Crippen LogP) is 3.70. The number of likely N-dealkylation sites (tertiary alicyclic amines) is 2. The van der Waals surface area contributed by atoms with E-state index in [0.29, 0.717) is 10.6 Å². The number of hydrogen-bond donors (Lipinski definition) is 1. The van der Waals surface area contributed by atoms with Crippen LogP contribution in [0.25, 0.3) is 0 Å². The van der Waals surface area contributed by atoms with Crippen LogP contribution in [0.5, 0.6) is 0 Å². The first kappa shape index (κ1) is 30.4. The molecule has 3 rings (SSSR count). The molecule has 0 bridgehead atoms. The van der Waals surface area contributed by atoms with E-state index in [9.17, 15) is 31.2 Å². The third-order valence-corrected chi connectivity index (χ3v) is 7.98. The minimum absolute atomic E-state index is 0.00376. The normalized spacial score (nSPS) is 28.0. The monoisotopic (exact) mass is 581 g/mol. The first-order chi connectivity index (χ1) is 17.5. The second-order valence-electron chi connectivity index (χ2n) is 10.3. The van der Waals surface area contributed by atoms with Crippen molar-refractivity contribution in [2.24, 2.45) is 5.92 Å². The van der Waals surface area contributed by atoms with E-state index in [4.69, 9.17) is 11.6 Å². The Morgan fingerprint density at radius 3 is 2.50 bits per heavy atom. The fraction of sp³-hybridized carbons (Fsp3) is 0.600. The first-order valence-corrected chi connectivity index (χ1v) is 14.5. The van der Waals surface area contributed by atoms with Gasteiger partial charge in [0.15, 0.2) is 15.5 Å². The van der Waals surface area contributed by atoms with Gasteiger partial charge in [-0.1, -0.05) is 35.9 Å². The summed E-state index contributed by atoms with van der Waals surface area (Å²) in [6, 6.07) is 5.28. The van der Waals surface area contributed by atoms with Crippen LogP contribution < -0.4 is 5.32 Å². The van der Waals surface area contributed by atoms with Crippen LogP contribution in [0.1, 0.15) is 38.2 Å². The highest BCUT2D eigenvalue weighted by atomic mass is 35.5. The zero-order valence-electron chi connectivity index (χ0n) is 21.3. The molecule has 5 atom stereocenters. The van der Waals surface area contributed by atoms with E-state index in [-0.39, 0.29) is 32.5 Å². The van der Waals surface area contributed by atoms with Gasteiger partial charge in [0.25, 0.3) is 5.91 Å². The lowest BCUT2D eigenvalue weighted by atomic mass is 9.84. The third kappa shape index (κ3) is 7.69. The van der Waals surface area contributed by atoms with Crippen molar-refractivity contribution in [3.63, 3.8) is 0 Å². The van der Waals surface area contributed by atoms with Crippen molar-refractivity contribution < 1.29 is 35.6 Å². The Morgan fingerprint density at radius 1 is 1.26 bits per heavy atom. The smallest absolute Gasteiger partial charge is 0.347 e. The Morgan fingerprint density at radius 2 is 1.92 bits per heavy atom. The number of carbonyl (C=O) groups is 2.